The van der Waals surface area contributed by atoms with E-state index in [0.29, 0.717) is 27.8 Å². The molecule has 0 radical (unpaired) electrons. The van der Waals surface area contributed by atoms with Crippen molar-refractivity contribution in [3.63, 3.8) is 0 Å². The highest BCUT2D eigenvalue weighted by molar-refractivity contribution is 7.18. The van der Waals surface area contributed by atoms with Crippen molar-refractivity contribution >= 4 is 39.1 Å². The Hall–Kier alpha value is -2.19. The minimum Gasteiger partial charge on any atom is -0.271 e. The van der Waals surface area contributed by atoms with Crippen LogP contribution in [0, 0.1) is 19.8 Å². The fourth-order valence-corrected chi connectivity index (χ4v) is 5.07. The molecule has 3 aromatic heterocycles. The Labute approximate surface area is 164 Å². The molecule has 1 amide bonds. The van der Waals surface area contributed by atoms with Gasteiger partial charge in [0.15, 0.2) is 0 Å². The lowest BCUT2D eigenvalue weighted by molar-refractivity contribution is -0.117. The molecule has 27 heavy (non-hydrogen) atoms. The molecule has 0 aliphatic heterocycles. The Bertz CT molecular complexity index is 1090. The SMILES string of the molecule is Cc1nn(CC(=O)Nn2c(C)nc3sc4c(c3c2=O)CC[C@H](C)C4)cc1Cl. The largest absolute Gasteiger partial charge is 0.281 e. The second-order valence-electron chi connectivity index (χ2n) is 7.13. The number of nitrogens with zero attached hydrogens (tertiary/aromatic N) is 4. The summed E-state index contributed by atoms with van der Waals surface area (Å²) < 4.78 is 2.70. The number of nitrogens with one attached hydrogen (secondary N) is 1. The summed E-state index contributed by atoms with van der Waals surface area (Å²) in [4.78, 5) is 32.1. The molecule has 9 heteroatoms. The van der Waals surface area contributed by atoms with Crippen molar-refractivity contribution in [1.82, 2.24) is 19.4 Å². The van der Waals surface area contributed by atoms with E-state index in [0.717, 1.165) is 29.7 Å². The van der Waals surface area contributed by atoms with Crippen LogP contribution in [0.25, 0.3) is 10.2 Å². The lowest BCUT2D eigenvalue weighted by Crippen LogP contribution is -2.37. The average Bonchev–Trinajstić information content (AvgIpc) is 3.10. The number of hydrogen-bond donors (Lipinski definition) is 1. The Morgan fingerprint density at radius 3 is 2.93 bits per heavy atom. The van der Waals surface area contributed by atoms with Crippen LogP contribution in [0.5, 0.6) is 0 Å². The molecule has 1 atom stereocenters. The first-order valence-electron chi connectivity index (χ1n) is 8.86. The predicted octanol–water partition coefficient (Wildman–Crippen LogP) is 2.82. The van der Waals surface area contributed by atoms with Crippen molar-refractivity contribution in [3.8, 4) is 0 Å². The van der Waals surface area contributed by atoms with Crippen LogP contribution in [-0.4, -0.2) is 25.3 Å². The van der Waals surface area contributed by atoms with Crippen LogP contribution >= 0.6 is 22.9 Å². The summed E-state index contributed by atoms with van der Waals surface area (Å²) in [6.07, 6.45) is 4.53. The summed E-state index contributed by atoms with van der Waals surface area (Å²) in [6, 6.07) is 0. The normalized spacial score (nSPS) is 16.5. The van der Waals surface area contributed by atoms with Gasteiger partial charge in [-0.25, -0.2) is 9.66 Å². The highest BCUT2D eigenvalue weighted by atomic mass is 35.5. The van der Waals surface area contributed by atoms with Gasteiger partial charge in [-0.1, -0.05) is 18.5 Å². The van der Waals surface area contributed by atoms with Gasteiger partial charge in [0.1, 0.15) is 17.2 Å². The van der Waals surface area contributed by atoms with E-state index in [2.05, 4.69) is 22.4 Å². The summed E-state index contributed by atoms with van der Waals surface area (Å²) in [7, 11) is 0. The van der Waals surface area contributed by atoms with Crippen LogP contribution in [0.4, 0.5) is 0 Å². The molecular weight excluding hydrogens is 386 g/mol. The van der Waals surface area contributed by atoms with Gasteiger partial charge in [-0.3, -0.25) is 19.7 Å². The Balaban J connectivity index is 1.67. The second-order valence-corrected chi connectivity index (χ2v) is 8.62. The highest BCUT2D eigenvalue weighted by Crippen LogP contribution is 2.35. The summed E-state index contributed by atoms with van der Waals surface area (Å²) in [6.45, 7) is 5.69. The van der Waals surface area contributed by atoms with E-state index in [-0.39, 0.29) is 18.0 Å². The minimum absolute atomic E-state index is 0.0310. The molecule has 1 aliphatic carbocycles. The van der Waals surface area contributed by atoms with Crippen LogP contribution < -0.4 is 11.0 Å². The maximum Gasteiger partial charge on any atom is 0.281 e. The number of thiophene rings is 1. The van der Waals surface area contributed by atoms with Crippen LogP contribution in [0.1, 0.15) is 35.3 Å². The third-order valence-corrected chi connectivity index (χ3v) is 6.44. The van der Waals surface area contributed by atoms with E-state index < -0.39 is 0 Å². The van der Waals surface area contributed by atoms with Gasteiger partial charge in [0.25, 0.3) is 11.5 Å². The van der Waals surface area contributed by atoms with Gasteiger partial charge in [-0.15, -0.1) is 11.3 Å². The molecule has 0 spiro atoms. The molecule has 7 nitrogen and oxygen atoms in total. The number of amides is 1. The van der Waals surface area contributed by atoms with E-state index in [1.54, 1.807) is 31.4 Å². The van der Waals surface area contributed by atoms with E-state index in [9.17, 15) is 9.59 Å². The molecule has 0 bridgehead atoms. The first-order valence-corrected chi connectivity index (χ1v) is 10.1. The summed E-state index contributed by atoms with van der Waals surface area (Å²) in [5.74, 6) is 0.721. The van der Waals surface area contributed by atoms with Crippen molar-refractivity contribution in [2.75, 3.05) is 5.43 Å². The Kier molecular flexibility index (Phi) is 4.55. The Morgan fingerprint density at radius 1 is 1.44 bits per heavy atom. The molecule has 0 unspecified atom stereocenters. The molecular formula is C18H20ClN5O2S. The minimum atomic E-state index is -0.363. The van der Waals surface area contributed by atoms with E-state index in [4.69, 9.17) is 11.6 Å². The number of fused-ring (bicyclic) bond motifs is 3. The zero-order chi connectivity index (χ0) is 19.3. The second kappa shape index (κ2) is 6.76. The van der Waals surface area contributed by atoms with Crippen molar-refractivity contribution in [1.29, 1.82) is 0 Å². The van der Waals surface area contributed by atoms with Gasteiger partial charge in [0, 0.05) is 11.1 Å². The molecule has 0 saturated carbocycles. The van der Waals surface area contributed by atoms with Crippen LogP contribution in [0.2, 0.25) is 5.02 Å². The lowest BCUT2D eigenvalue weighted by Gasteiger charge is -2.17. The first kappa shape index (κ1) is 18.2. The summed E-state index contributed by atoms with van der Waals surface area (Å²) >= 11 is 7.58. The highest BCUT2D eigenvalue weighted by Gasteiger charge is 2.24. The molecule has 4 rings (SSSR count). The van der Waals surface area contributed by atoms with Gasteiger partial charge in [-0.05, 0) is 44.6 Å². The number of carbonyl (C=O) groups excluding carboxylic acids is 1. The van der Waals surface area contributed by atoms with E-state index >= 15 is 0 Å². The zero-order valence-electron chi connectivity index (χ0n) is 15.4. The lowest BCUT2D eigenvalue weighted by atomic mass is 9.89. The van der Waals surface area contributed by atoms with Crippen molar-refractivity contribution < 1.29 is 4.79 Å². The third kappa shape index (κ3) is 3.27. The molecule has 3 aromatic rings. The summed E-state index contributed by atoms with van der Waals surface area (Å²) in [5.41, 5.74) is 4.19. The van der Waals surface area contributed by atoms with E-state index in [1.165, 1.54) is 14.2 Å². The summed E-state index contributed by atoms with van der Waals surface area (Å²) in [5, 5.41) is 5.31. The molecule has 1 N–H and O–H groups in total. The maximum atomic E-state index is 13.1. The van der Waals surface area contributed by atoms with Crippen LogP contribution in [0.15, 0.2) is 11.0 Å². The molecule has 0 aromatic carbocycles. The van der Waals surface area contributed by atoms with Crippen LogP contribution in [0.3, 0.4) is 0 Å². The van der Waals surface area contributed by atoms with E-state index in [1.807, 2.05) is 0 Å². The quantitative estimate of drug-likeness (QED) is 0.726. The third-order valence-electron chi connectivity index (χ3n) is 4.93. The number of rotatable bonds is 3. The van der Waals surface area contributed by atoms with Gasteiger partial charge >= 0.3 is 0 Å². The van der Waals surface area contributed by atoms with Crippen molar-refractivity contribution in [2.24, 2.45) is 5.92 Å². The Morgan fingerprint density at radius 2 is 2.22 bits per heavy atom. The van der Waals surface area contributed by atoms with Crippen LogP contribution in [-0.2, 0) is 24.2 Å². The number of aromatic nitrogens is 4. The first-order chi connectivity index (χ1) is 12.8. The molecule has 1 aliphatic rings. The monoisotopic (exact) mass is 405 g/mol. The van der Waals surface area contributed by atoms with Crippen molar-refractivity contribution in [3.05, 3.63) is 43.5 Å². The number of hydrogen-bond acceptors (Lipinski definition) is 5. The van der Waals surface area contributed by atoms with Gasteiger partial charge < -0.3 is 0 Å². The molecule has 142 valence electrons. The number of halogens is 1. The number of carbonyl (C=O) groups is 1. The van der Waals surface area contributed by atoms with Gasteiger partial charge in [0.2, 0.25) is 0 Å². The predicted molar refractivity (Wildman–Crippen MR) is 106 cm³/mol. The molecule has 3 heterocycles. The topological polar surface area (TPSA) is 81.8 Å². The fraction of sp³-hybridized carbons (Fsp3) is 0.444. The number of aryl methyl sites for hydroxylation is 3. The smallest absolute Gasteiger partial charge is 0.271 e. The van der Waals surface area contributed by atoms with Gasteiger partial charge in [-0.2, -0.15) is 5.10 Å². The molecule has 0 saturated heterocycles. The zero-order valence-corrected chi connectivity index (χ0v) is 16.9. The maximum absolute atomic E-state index is 13.1. The standard InChI is InChI=1S/C18H20ClN5O2S/c1-9-4-5-12-14(6-9)27-17-16(12)18(26)24(11(3)20-17)22-15(25)8-23-7-13(19)10(2)21-23/h7,9H,4-6,8H2,1-3H3,(H,22,25)/t9-/m0/s1. The molecule has 0 fully saturated rings. The van der Waals surface area contributed by atoms with Crippen molar-refractivity contribution in [2.45, 2.75) is 46.6 Å². The average molecular weight is 406 g/mol. The fourth-order valence-electron chi connectivity index (χ4n) is 3.50. The van der Waals surface area contributed by atoms with Gasteiger partial charge in [0.05, 0.1) is 16.1 Å².